The second-order valence-corrected chi connectivity index (χ2v) is 8.99. The van der Waals surface area contributed by atoms with Crippen molar-refractivity contribution in [1.82, 2.24) is 15.0 Å². The van der Waals surface area contributed by atoms with Gasteiger partial charge in [-0.15, -0.1) is 0 Å². The van der Waals surface area contributed by atoms with Crippen molar-refractivity contribution < 1.29 is 14.3 Å². The van der Waals surface area contributed by atoms with Crippen LogP contribution in [0.15, 0.2) is 101 Å². The Labute approximate surface area is 204 Å². The number of carbonyl (C=O) groups is 2. The monoisotopic (exact) mass is 478 g/mol. The van der Waals surface area contributed by atoms with Crippen LogP contribution in [0.1, 0.15) is 10.4 Å². The molecule has 7 nitrogen and oxygen atoms in total. The molecule has 35 heavy (non-hydrogen) atoms. The minimum atomic E-state index is -0.578. The van der Waals surface area contributed by atoms with Gasteiger partial charge in [-0.05, 0) is 54.6 Å². The maximum absolute atomic E-state index is 13.2. The van der Waals surface area contributed by atoms with E-state index < -0.39 is 5.97 Å². The predicted octanol–water partition coefficient (Wildman–Crippen LogP) is 5.61. The van der Waals surface area contributed by atoms with E-state index in [4.69, 9.17) is 4.74 Å². The molecule has 0 atom stereocenters. The second kappa shape index (κ2) is 8.73. The van der Waals surface area contributed by atoms with E-state index in [1.165, 1.54) is 0 Å². The zero-order valence-electron chi connectivity index (χ0n) is 18.3. The fourth-order valence-electron chi connectivity index (χ4n) is 4.02. The van der Waals surface area contributed by atoms with Crippen molar-refractivity contribution in [2.24, 2.45) is 0 Å². The number of nitrogens with one attached hydrogen (secondary N) is 1. The summed E-state index contributed by atoms with van der Waals surface area (Å²) in [5.74, 6) is -0.236. The van der Waals surface area contributed by atoms with Crippen LogP contribution < -0.4 is 4.90 Å². The van der Waals surface area contributed by atoms with Crippen LogP contribution in [0.2, 0.25) is 0 Å². The number of carbonyl (C=O) groups excluding carboxylic acids is 2. The molecule has 0 fully saturated rings. The summed E-state index contributed by atoms with van der Waals surface area (Å²) in [5, 5.41) is 0. The SMILES string of the molecule is O=C(OCC(=O)N1c2ccccc2Sc2ccccc21)c1ccc2nc(-c3cccnc3)[nH]c2c1. The highest BCUT2D eigenvalue weighted by molar-refractivity contribution is 7.99. The number of aromatic nitrogens is 3. The molecule has 1 amide bonds. The summed E-state index contributed by atoms with van der Waals surface area (Å²) in [5.41, 5.74) is 4.15. The largest absolute Gasteiger partial charge is 0.452 e. The third-order valence-electron chi connectivity index (χ3n) is 5.66. The Morgan fingerprint density at radius 2 is 1.66 bits per heavy atom. The Hall–Kier alpha value is -4.43. The van der Waals surface area contributed by atoms with Crippen molar-refractivity contribution in [2.75, 3.05) is 11.5 Å². The van der Waals surface area contributed by atoms with E-state index in [1.807, 2.05) is 60.7 Å². The van der Waals surface area contributed by atoms with Gasteiger partial charge >= 0.3 is 5.97 Å². The molecule has 3 aromatic carbocycles. The third-order valence-corrected chi connectivity index (χ3v) is 6.79. The van der Waals surface area contributed by atoms with E-state index in [2.05, 4.69) is 15.0 Å². The number of H-pyrrole nitrogens is 1. The van der Waals surface area contributed by atoms with Gasteiger partial charge < -0.3 is 9.72 Å². The number of hydrogen-bond donors (Lipinski definition) is 1. The Morgan fingerprint density at radius 3 is 2.37 bits per heavy atom. The summed E-state index contributed by atoms with van der Waals surface area (Å²) < 4.78 is 5.43. The zero-order chi connectivity index (χ0) is 23.8. The van der Waals surface area contributed by atoms with E-state index in [-0.39, 0.29) is 12.5 Å². The average molecular weight is 479 g/mol. The van der Waals surface area contributed by atoms with Crippen LogP contribution in [0, 0.1) is 0 Å². The number of hydrogen-bond acceptors (Lipinski definition) is 6. The molecule has 8 heteroatoms. The van der Waals surface area contributed by atoms with Crippen LogP contribution in [-0.2, 0) is 9.53 Å². The van der Waals surface area contributed by atoms with Gasteiger partial charge in [0.1, 0.15) is 5.82 Å². The highest BCUT2D eigenvalue weighted by Gasteiger charge is 2.28. The first kappa shape index (κ1) is 21.1. The first-order valence-electron chi connectivity index (χ1n) is 10.9. The van der Waals surface area contributed by atoms with E-state index >= 15 is 0 Å². The van der Waals surface area contributed by atoms with Crippen LogP contribution in [0.25, 0.3) is 22.4 Å². The summed E-state index contributed by atoms with van der Waals surface area (Å²) in [6.45, 7) is -0.381. The Morgan fingerprint density at radius 1 is 0.914 bits per heavy atom. The maximum atomic E-state index is 13.2. The molecule has 0 saturated heterocycles. The fourth-order valence-corrected chi connectivity index (χ4v) is 5.08. The topological polar surface area (TPSA) is 88.2 Å². The maximum Gasteiger partial charge on any atom is 0.338 e. The number of imidazole rings is 1. The fraction of sp³-hybridized carbons (Fsp3) is 0.0370. The number of amides is 1. The Balaban J connectivity index is 1.22. The van der Waals surface area contributed by atoms with Crippen LogP contribution in [-0.4, -0.2) is 33.4 Å². The highest BCUT2D eigenvalue weighted by atomic mass is 32.2. The number of ether oxygens (including phenoxy) is 1. The van der Waals surface area contributed by atoms with Crippen LogP contribution in [0.5, 0.6) is 0 Å². The molecule has 6 rings (SSSR count). The molecule has 0 unspecified atom stereocenters. The molecule has 1 aliphatic rings. The first-order chi connectivity index (χ1) is 17.2. The van der Waals surface area contributed by atoms with E-state index in [0.717, 1.165) is 32.2 Å². The number of fused-ring (bicyclic) bond motifs is 3. The van der Waals surface area contributed by atoms with Crippen molar-refractivity contribution in [3.63, 3.8) is 0 Å². The molecule has 0 spiro atoms. The molecule has 170 valence electrons. The molecule has 5 aromatic rings. The lowest BCUT2D eigenvalue weighted by Gasteiger charge is -2.30. The molecular formula is C27H18N4O3S. The number of rotatable bonds is 4. The number of benzene rings is 3. The molecular weight excluding hydrogens is 460 g/mol. The molecule has 3 heterocycles. The van der Waals surface area contributed by atoms with Gasteiger partial charge in [0.25, 0.3) is 5.91 Å². The van der Waals surface area contributed by atoms with Crippen molar-refractivity contribution in [3.05, 3.63) is 96.8 Å². The average Bonchev–Trinajstić information content (AvgIpc) is 3.34. The number of aromatic amines is 1. The predicted molar refractivity (Wildman–Crippen MR) is 134 cm³/mol. The van der Waals surface area contributed by atoms with Gasteiger partial charge in [0.05, 0.1) is 28.0 Å². The van der Waals surface area contributed by atoms with Crippen LogP contribution in [0.4, 0.5) is 11.4 Å². The Kier molecular flexibility index (Phi) is 5.27. The van der Waals surface area contributed by atoms with Gasteiger partial charge in [-0.3, -0.25) is 14.7 Å². The van der Waals surface area contributed by atoms with Gasteiger partial charge in [-0.1, -0.05) is 36.0 Å². The smallest absolute Gasteiger partial charge is 0.338 e. The number of nitrogens with zero attached hydrogens (tertiary/aromatic N) is 3. The standard InChI is InChI=1S/C27H18N4O3S/c32-25(31-21-7-1-3-9-23(21)35-24-10-4-2-8-22(24)31)16-34-27(33)17-11-12-19-20(14-17)30-26(29-19)18-6-5-13-28-15-18/h1-15H,16H2,(H,29,30). The third kappa shape index (κ3) is 3.94. The lowest BCUT2D eigenvalue weighted by atomic mass is 10.2. The van der Waals surface area contributed by atoms with Crippen molar-refractivity contribution in [1.29, 1.82) is 0 Å². The molecule has 0 aliphatic carbocycles. The summed E-state index contributed by atoms with van der Waals surface area (Å²) in [6, 6.07) is 24.2. The van der Waals surface area contributed by atoms with E-state index in [0.29, 0.717) is 16.9 Å². The lowest BCUT2D eigenvalue weighted by molar-refractivity contribution is -0.121. The first-order valence-corrected chi connectivity index (χ1v) is 11.8. The van der Waals surface area contributed by atoms with Gasteiger partial charge in [-0.25, -0.2) is 9.78 Å². The molecule has 2 aromatic heterocycles. The van der Waals surface area contributed by atoms with Crippen LogP contribution >= 0.6 is 11.8 Å². The molecule has 0 bridgehead atoms. The summed E-state index contributed by atoms with van der Waals surface area (Å²) in [6.07, 6.45) is 3.41. The minimum Gasteiger partial charge on any atom is -0.452 e. The number of anilines is 2. The van der Waals surface area contributed by atoms with Gasteiger partial charge in [-0.2, -0.15) is 0 Å². The van der Waals surface area contributed by atoms with Gasteiger partial charge in [0.2, 0.25) is 0 Å². The summed E-state index contributed by atoms with van der Waals surface area (Å²) >= 11 is 1.61. The molecule has 0 radical (unpaired) electrons. The molecule has 0 saturated carbocycles. The molecule has 1 N–H and O–H groups in total. The van der Waals surface area contributed by atoms with Crippen LogP contribution in [0.3, 0.4) is 0 Å². The summed E-state index contributed by atoms with van der Waals surface area (Å²) in [4.78, 5) is 41.5. The zero-order valence-corrected chi connectivity index (χ0v) is 19.2. The highest BCUT2D eigenvalue weighted by Crippen LogP contribution is 2.47. The summed E-state index contributed by atoms with van der Waals surface area (Å²) in [7, 11) is 0. The molecule has 1 aliphatic heterocycles. The lowest BCUT2D eigenvalue weighted by Crippen LogP contribution is -2.32. The van der Waals surface area contributed by atoms with Crippen molar-refractivity contribution >= 4 is 46.0 Å². The quantitative estimate of drug-likeness (QED) is 0.338. The normalized spacial score (nSPS) is 12.2. The van der Waals surface area contributed by atoms with E-state index in [9.17, 15) is 9.59 Å². The second-order valence-electron chi connectivity index (χ2n) is 7.90. The van der Waals surface area contributed by atoms with Gasteiger partial charge in [0, 0.05) is 27.7 Å². The number of esters is 1. The Bertz CT molecular complexity index is 1540. The number of para-hydroxylation sites is 2. The number of pyridine rings is 1. The van der Waals surface area contributed by atoms with E-state index in [1.54, 1.807) is 47.3 Å². The van der Waals surface area contributed by atoms with Gasteiger partial charge in [0.15, 0.2) is 6.61 Å². The van der Waals surface area contributed by atoms with Crippen molar-refractivity contribution in [3.8, 4) is 11.4 Å². The minimum absolute atomic E-state index is 0.319. The van der Waals surface area contributed by atoms with Crippen molar-refractivity contribution in [2.45, 2.75) is 9.79 Å².